The number of rotatable bonds is 5. The van der Waals surface area contributed by atoms with Gasteiger partial charge in [-0.2, -0.15) is 5.26 Å². The topological polar surface area (TPSA) is 49.2 Å². The maximum absolute atomic E-state index is 8.88. The SMILES string of the molecule is CC(C)c1nc(CCN2CCOCC2)sc1CC#N. The van der Waals surface area contributed by atoms with Crippen LogP contribution in [0.5, 0.6) is 0 Å². The van der Waals surface area contributed by atoms with Gasteiger partial charge in [-0.05, 0) is 5.92 Å². The number of thiazole rings is 1. The van der Waals surface area contributed by atoms with Crippen molar-refractivity contribution >= 4 is 11.3 Å². The fraction of sp³-hybridized carbons (Fsp3) is 0.714. The molecule has 0 radical (unpaired) electrons. The van der Waals surface area contributed by atoms with Crippen LogP contribution in [0, 0.1) is 11.3 Å². The molecule has 0 aliphatic carbocycles. The lowest BCUT2D eigenvalue weighted by molar-refractivity contribution is 0.0384. The van der Waals surface area contributed by atoms with Gasteiger partial charge in [0.1, 0.15) is 0 Å². The van der Waals surface area contributed by atoms with E-state index in [1.807, 2.05) is 0 Å². The van der Waals surface area contributed by atoms with Gasteiger partial charge >= 0.3 is 0 Å². The Morgan fingerprint density at radius 2 is 2.16 bits per heavy atom. The average Bonchev–Trinajstić information content (AvgIpc) is 2.81. The van der Waals surface area contributed by atoms with E-state index in [2.05, 4.69) is 24.8 Å². The molecular weight excluding hydrogens is 258 g/mol. The Hall–Kier alpha value is -0.960. The summed E-state index contributed by atoms with van der Waals surface area (Å²) in [6, 6.07) is 2.24. The Bertz CT molecular complexity index is 444. The normalized spacial score (nSPS) is 16.7. The third-order valence-electron chi connectivity index (χ3n) is 3.30. The van der Waals surface area contributed by atoms with Crippen molar-refractivity contribution in [3.63, 3.8) is 0 Å². The van der Waals surface area contributed by atoms with Gasteiger partial charge in [-0.25, -0.2) is 4.98 Å². The minimum atomic E-state index is 0.400. The van der Waals surface area contributed by atoms with E-state index >= 15 is 0 Å². The molecule has 0 spiro atoms. The highest BCUT2D eigenvalue weighted by molar-refractivity contribution is 7.11. The molecule has 1 aromatic rings. The molecule has 1 saturated heterocycles. The highest BCUT2D eigenvalue weighted by atomic mass is 32.1. The van der Waals surface area contributed by atoms with Gasteiger partial charge in [0.2, 0.25) is 0 Å². The van der Waals surface area contributed by atoms with Crippen LogP contribution in [-0.2, 0) is 17.6 Å². The zero-order valence-electron chi connectivity index (χ0n) is 11.7. The van der Waals surface area contributed by atoms with Crippen LogP contribution in [0.3, 0.4) is 0 Å². The van der Waals surface area contributed by atoms with E-state index in [0.29, 0.717) is 12.3 Å². The molecule has 4 nitrogen and oxygen atoms in total. The van der Waals surface area contributed by atoms with Crippen molar-refractivity contribution < 1.29 is 4.74 Å². The van der Waals surface area contributed by atoms with E-state index in [9.17, 15) is 0 Å². The van der Waals surface area contributed by atoms with Gasteiger partial charge in [0, 0.05) is 30.9 Å². The molecule has 0 atom stereocenters. The lowest BCUT2D eigenvalue weighted by Gasteiger charge is -2.26. The molecule has 1 aliphatic rings. The van der Waals surface area contributed by atoms with Gasteiger partial charge in [0.05, 0.1) is 36.4 Å². The first-order chi connectivity index (χ1) is 9.20. The first-order valence-electron chi connectivity index (χ1n) is 6.86. The molecule has 104 valence electrons. The van der Waals surface area contributed by atoms with Crippen molar-refractivity contribution in [3.8, 4) is 6.07 Å². The van der Waals surface area contributed by atoms with Gasteiger partial charge < -0.3 is 4.74 Å². The average molecular weight is 279 g/mol. The van der Waals surface area contributed by atoms with Gasteiger partial charge in [0.15, 0.2) is 0 Å². The van der Waals surface area contributed by atoms with E-state index in [0.717, 1.165) is 49.8 Å². The number of hydrogen-bond acceptors (Lipinski definition) is 5. The molecule has 0 unspecified atom stereocenters. The molecular formula is C14H21N3OS. The predicted molar refractivity (Wildman–Crippen MR) is 76.5 cm³/mol. The summed E-state index contributed by atoms with van der Waals surface area (Å²) in [6.45, 7) is 9.05. The standard InChI is InChI=1S/C14H21N3OS/c1-11(2)14-12(3-5-15)19-13(16-14)4-6-17-7-9-18-10-8-17/h11H,3-4,6-10H2,1-2H3. The fourth-order valence-electron chi connectivity index (χ4n) is 2.25. The number of morpholine rings is 1. The van der Waals surface area contributed by atoms with Crippen molar-refractivity contribution in [1.29, 1.82) is 5.26 Å². The molecule has 0 amide bonds. The number of ether oxygens (including phenoxy) is 1. The van der Waals surface area contributed by atoms with Gasteiger partial charge in [0.25, 0.3) is 0 Å². The maximum atomic E-state index is 8.88. The lowest BCUT2D eigenvalue weighted by atomic mass is 10.1. The van der Waals surface area contributed by atoms with Crippen molar-refractivity contribution in [2.45, 2.75) is 32.6 Å². The number of aromatic nitrogens is 1. The van der Waals surface area contributed by atoms with Crippen LogP contribution in [0.1, 0.15) is 35.3 Å². The minimum absolute atomic E-state index is 0.400. The third kappa shape index (κ3) is 4.00. The van der Waals surface area contributed by atoms with E-state index in [4.69, 9.17) is 15.0 Å². The Balaban J connectivity index is 1.96. The molecule has 1 aliphatic heterocycles. The van der Waals surface area contributed by atoms with Crippen molar-refractivity contribution in [2.24, 2.45) is 0 Å². The Morgan fingerprint density at radius 3 is 2.79 bits per heavy atom. The molecule has 2 rings (SSSR count). The number of nitriles is 1. The highest BCUT2D eigenvalue weighted by Gasteiger charge is 2.15. The van der Waals surface area contributed by atoms with E-state index < -0.39 is 0 Å². The largest absolute Gasteiger partial charge is 0.379 e. The van der Waals surface area contributed by atoms with E-state index in [1.54, 1.807) is 11.3 Å². The summed E-state index contributed by atoms with van der Waals surface area (Å²) in [5.74, 6) is 0.400. The van der Waals surface area contributed by atoms with Crippen LogP contribution in [0.25, 0.3) is 0 Å². The molecule has 19 heavy (non-hydrogen) atoms. The molecule has 1 aromatic heterocycles. The first-order valence-corrected chi connectivity index (χ1v) is 7.68. The van der Waals surface area contributed by atoms with Crippen molar-refractivity contribution in [1.82, 2.24) is 9.88 Å². The minimum Gasteiger partial charge on any atom is -0.379 e. The second-order valence-electron chi connectivity index (χ2n) is 5.11. The summed E-state index contributed by atoms with van der Waals surface area (Å²) in [5.41, 5.74) is 1.11. The van der Waals surface area contributed by atoms with Crippen LogP contribution >= 0.6 is 11.3 Å². The van der Waals surface area contributed by atoms with Gasteiger partial charge in [-0.15, -0.1) is 11.3 Å². The summed E-state index contributed by atoms with van der Waals surface area (Å²) in [4.78, 5) is 8.29. The Labute approximate surface area is 119 Å². The van der Waals surface area contributed by atoms with Crippen molar-refractivity contribution in [3.05, 3.63) is 15.6 Å². The van der Waals surface area contributed by atoms with Crippen LogP contribution in [0.2, 0.25) is 0 Å². The molecule has 0 aromatic carbocycles. The summed E-state index contributed by atoms with van der Waals surface area (Å²) in [6.07, 6.45) is 1.47. The van der Waals surface area contributed by atoms with Crippen LogP contribution in [0.15, 0.2) is 0 Å². The van der Waals surface area contributed by atoms with E-state index in [1.165, 1.54) is 5.01 Å². The molecule has 1 fully saturated rings. The van der Waals surface area contributed by atoms with Gasteiger partial charge in [-0.3, -0.25) is 4.90 Å². The number of hydrogen-bond donors (Lipinski definition) is 0. The molecule has 5 heteroatoms. The lowest BCUT2D eigenvalue weighted by Crippen LogP contribution is -2.37. The smallest absolute Gasteiger partial charge is 0.0944 e. The van der Waals surface area contributed by atoms with Gasteiger partial charge in [-0.1, -0.05) is 13.8 Å². The third-order valence-corrected chi connectivity index (χ3v) is 4.43. The molecule has 0 bridgehead atoms. The van der Waals surface area contributed by atoms with Crippen LogP contribution < -0.4 is 0 Å². The highest BCUT2D eigenvalue weighted by Crippen LogP contribution is 2.26. The zero-order chi connectivity index (χ0) is 13.7. The quantitative estimate of drug-likeness (QED) is 0.829. The molecule has 0 N–H and O–H groups in total. The summed E-state index contributed by atoms with van der Waals surface area (Å²) >= 11 is 1.71. The fourth-order valence-corrected chi connectivity index (χ4v) is 3.39. The Kier molecular flexibility index (Phi) is 5.32. The van der Waals surface area contributed by atoms with E-state index in [-0.39, 0.29) is 0 Å². The second-order valence-corrected chi connectivity index (χ2v) is 6.28. The Morgan fingerprint density at radius 1 is 1.42 bits per heavy atom. The summed E-state index contributed by atoms with van der Waals surface area (Å²) < 4.78 is 5.35. The zero-order valence-corrected chi connectivity index (χ0v) is 12.5. The summed E-state index contributed by atoms with van der Waals surface area (Å²) in [7, 11) is 0. The predicted octanol–water partition coefficient (Wildman–Crippen LogP) is 2.21. The van der Waals surface area contributed by atoms with Crippen LogP contribution in [-0.4, -0.2) is 42.7 Å². The number of nitrogens with zero attached hydrogens (tertiary/aromatic N) is 3. The molecule has 0 saturated carbocycles. The monoisotopic (exact) mass is 279 g/mol. The van der Waals surface area contributed by atoms with Crippen LogP contribution in [0.4, 0.5) is 0 Å². The van der Waals surface area contributed by atoms with Crippen molar-refractivity contribution in [2.75, 3.05) is 32.8 Å². The second kappa shape index (κ2) is 6.99. The summed E-state index contributed by atoms with van der Waals surface area (Å²) in [5, 5.41) is 10.0. The maximum Gasteiger partial charge on any atom is 0.0944 e. The first kappa shape index (κ1) is 14.4. The molecule has 2 heterocycles.